The number of hydrogen-bond acceptors (Lipinski definition) is 4. The number of fused-ring (bicyclic) bond motifs is 1. The van der Waals surface area contributed by atoms with Gasteiger partial charge in [-0.05, 0) is 31.1 Å². The third-order valence-corrected chi connectivity index (χ3v) is 4.58. The van der Waals surface area contributed by atoms with Crippen molar-refractivity contribution in [1.82, 2.24) is 15.5 Å². The summed E-state index contributed by atoms with van der Waals surface area (Å²) >= 11 is 0. The third-order valence-electron chi connectivity index (χ3n) is 4.58. The first-order chi connectivity index (χ1) is 9.52. The van der Waals surface area contributed by atoms with E-state index in [4.69, 9.17) is 0 Å². The molecule has 110 valence electrons. The average molecular weight is 281 g/mol. The van der Waals surface area contributed by atoms with Crippen molar-refractivity contribution in [2.45, 2.75) is 37.8 Å². The van der Waals surface area contributed by atoms with Crippen LogP contribution in [0.25, 0.3) is 0 Å². The fourth-order valence-corrected chi connectivity index (χ4v) is 3.56. The van der Waals surface area contributed by atoms with Gasteiger partial charge in [0.1, 0.15) is 6.04 Å². The Balaban J connectivity index is 1.47. The van der Waals surface area contributed by atoms with Crippen LogP contribution < -0.4 is 10.6 Å². The number of carbonyl (C=O) groups excluding carboxylic acids is 3. The summed E-state index contributed by atoms with van der Waals surface area (Å²) in [5.74, 6) is 0.513. The molecule has 2 aliphatic heterocycles. The van der Waals surface area contributed by atoms with Crippen molar-refractivity contribution in [3.63, 3.8) is 0 Å². The topological polar surface area (TPSA) is 98.7 Å². The van der Waals surface area contributed by atoms with Gasteiger partial charge in [-0.1, -0.05) is 0 Å². The summed E-state index contributed by atoms with van der Waals surface area (Å²) in [6, 6.07) is -1.08. The van der Waals surface area contributed by atoms with E-state index in [1.165, 1.54) is 0 Å². The predicted molar refractivity (Wildman–Crippen MR) is 68.5 cm³/mol. The van der Waals surface area contributed by atoms with E-state index in [0.29, 0.717) is 31.3 Å². The lowest BCUT2D eigenvalue weighted by atomic mass is 10.0. The second kappa shape index (κ2) is 5.05. The molecule has 3 rings (SSSR count). The van der Waals surface area contributed by atoms with Gasteiger partial charge >= 0.3 is 6.03 Å². The summed E-state index contributed by atoms with van der Waals surface area (Å²) in [7, 11) is 0. The second-order valence-electron chi connectivity index (χ2n) is 6.00. The molecule has 7 heteroatoms. The Bertz CT molecular complexity index is 439. The number of nitrogens with one attached hydrogen (secondary N) is 2. The molecule has 3 aliphatic rings. The molecule has 1 aliphatic carbocycles. The number of aliphatic hydroxyl groups is 1. The molecule has 0 aromatic rings. The van der Waals surface area contributed by atoms with Crippen molar-refractivity contribution in [3.8, 4) is 0 Å². The van der Waals surface area contributed by atoms with E-state index in [1.54, 1.807) is 0 Å². The molecule has 0 radical (unpaired) electrons. The van der Waals surface area contributed by atoms with Crippen molar-refractivity contribution in [2.24, 2.45) is 11.8 Å². The Morgan fingerprint density at radius 2 is 1.90 bits per heavy atom. The van der Waals surface area contributed by atoms with Crippen LogP contribution in [-0.4, -0.2) is 53.1 Å². The number of urea groups is 1. The van der Waals surface area contributed by atoms with Gasteiger partial charge in [0.25, 0.3) is 5.91 Å². The number of nitrogens with zero attached hydrogens (tertiary/aromatic N) is 1. The highest BCUT2D eigenvalue weighted by Gasteiger charge is 2.41. The lowest BCUT2D eigenvalue weighted by Gasteiger charge is -2.18. The zero-order valence-electron chi connectivity index (χ0n) is 11.2. The van der Waals surface area contributed by atoms with Gasteiger partial charge in [-0.15, -0.1) is 0 Å². The minimum atomic E-state index is -0.588. The van der Waals surface area contributed by atoms with Crippen LogP contribution in [0.3, 0.4) is 0 Å². The molecule has 3 N–H and O–H groups in total. The second-order valence-corrected chi connectivity index (χ2v) is 6.00. The van der Waals surface area contributed by atoms with E-state index in [1.807, 2.05) is 4.90 Å². The van der Waals surface area contributed by atoms with Gasteiger partial charge in [-0.2, -0.15) is 0 Å². The van der Waals surface area contributed by atoms with E-state index < -0.39 is 12.1 Å². The molecule has 20 heavy (non-hydrogen) atoms. The summed E-state index contributed by atoms with van der Waals surface area (Å²) in [6.07, 6.45) is 1.97. The molecule has 0 aromatic carbocycles. The monoisotopic (exact) mass is 281 g/mol. The molecule has 0 bridgehead atoms. The lowest BCUT2D eigenvalue weighted by molar-refractivity contribution is -0.130. The first-order valence-corrected chi connectivity index (χ1v) is 7.10. The van der Waals surface area contributed by atoms with Crippen molar-refractivity contribution >= 4 is 17.8 Å². The molecule has 1 unspecified atom stereocenters. The lowest BCUT2D eigenvalue weighted by Crippen LogP contribution is -2.34. The molecule has 0 spiro atoms. The minimum absolute atomic E-state index is 0.0304. The number of carbonyl (C=O) groups is 3. The van der Waals surface area contributed by atoms with E-state index in [0.717, 1.165) is 12.8 Å². The molecule has 0 aromatic heterocycles. The summed E-state index contributed by atoms with van der Waals surface area (Å²) in [5, 5.41) is 14.2. The predicted octanol–water partition coefficient (Wildman–Crippen LogP) is -0.796. The Morgan fingerprint density at radius 1 is 1.25 bits per heavy atom. The molecule has 1 saturated carbocycles. The molecular weight excluding hydrogens is 262 g/mol. The maximum atomic E-state index is 12.1. The number of imide groups is 1. The Hall–Kier alpha value is -1.63. The molecular formula is C13H19N3O4. The number of aliphatic hydroxyl groups excluding tert-OH is 1. The molecule has 3 fully saturated rings. The molecule has 4 atom stereocenters. The quantitative estimate of drug-likeness (QED) is 0.590. The largest absolute Gasteiger partial charge is 0.393 e. The molecule has 2 saturated heterocycles. The van der Waals surface area contributed by atoms with Gasteiger partial charge in [-0.3, -0.25) is 14.9 Å². The zero-order valence-corrected chi connectivity index (χ0v) is 11.2. The van der Waals surface area contributed by atoms with Gasteiger partial charge in [-0.25, -0.2) is 4.79 Å². The van der Waals surface area contributed by atoms with Crippen LogP contribution >= 0.6 is 0 Å². The number of rotatable bonds is 3. The van der Waals surface area contributed by atoms with Gasteiger partial charge in [0.15, 0.2) is 0 Å². The van der Waals surface area contributed by atoms with Crippen LogP contribution in [0.1, 0.15) is 25.7 Å². The van der Waals surface area contributed by atoms with Crippen LogP contribution in [0.5, 0.6) is 0 Å². The molecule has 7 nitrogen and oxygen atoms in total. The number of likely N-dealkylation sites (tertiary alicyclic amines) is 1. The smallest absolute Gasteiger partial charge is 0.322 e. The van der Waals surface area contributed by atoms with Gasteiger partial charge in [0.2, 0.25) is 5.91 Å². The summed E-state index contributed by atoms with van der Waals surface area (Å²) < 4.78 is 0. The van der Waals surface area contributed by atoms with Crippen LogP contribution in [-0.2, 0) is 9.59 Å². The fourth-order valence-electron chi connectivity index (χ4n) is 3.56. The van der Waals surface area contributed by atoms with E-state index >= 15 is 0 Å². The van der Waals surface area contributed by atoms with Gasteiger partial charge < -0.3 is 15.3 Å². The normalized spacial score (nSPS) is 36.0. The standard InChI is InChI=1S/C13H19N3O4/c17-9-3-7-5-16(6-8(7)4-9)11(18)2-1-10-12(19)15-13(20)14-10/h7-10,17H,1-6H2,(H2,14,15,19,20)/t7-,8+,9?,10-/m0/s1. The summed E-state index contributed by atoms with van der Waals surface area (Å²) in [4.78, 5) is 36.3. The Kier molecular flexibility index (Phi) is 3.37. The highest BCUT2D eigenvalue weighted by atomic mass is 16.3. The van der Waals surface area contributed by atoms with Gasteiger partial charge in [0.05, 0.1) is 6.10 Å². The summed E-state index contributed by atoms with van der Waals surface area (Å²) in [5.41, 5.74) is 0. The summed E-state index contributed by atoms with van der Waals surface area (Å²) in [6.45, 7) is 1.42. The van der Waals surface area contributed by atoms with Crippen molar-refractivity contribution in [3.05, 3.63) is 0 Å². The first kappa shape index (κ1) is 13.4. The molecule has 2 heterocycles. The average Bonchev–Trinajstić information content (AvgIpc) is 2.99. The van der Waals surface area contributed by atoms with E-state index in [2.05, 4.69) is 10.6 Å². The third kappa shape index (κ3) is 2.49. The maximum Gasteiger partial charge on any atom is 0.322 e. The fraction of sp³-hybridized carbons (Fsp3) is 0.769. The molecule has 4 amide bonds. The Labute approximate surface area is 116 Å². The highest BCUT2D eigenvalue weighted by molar-refractivity contribution is 6.04. The minimum Gasteiger partial charge on any atom is -0.393 e. The van der Waals surface area contributed by atoms with Crippen molar-refractivity contribution in [2.75, 3.05) is 13.1 Å². The Morgan fingerprint density at radius 3 is 2.45 bits per heavy atom. The highest BCUT2D eigenvalue weighted by Crippen LogP contribution is 2.38. The SMILES string of the molecule is O=C1NC(=O)[C@H](CCC(=O)N2C[C@H]3CC(O)C[C@H]3C2)N1. The van der Waals surface area contributed by atoms with Crippen molar-refractivity contribution in [1.29, 1.82) is 0 Å². The maximum absolute atomic E-state index is 12.1. The zero-order chi connectivity index (χ0) is 14.3. The van der Waals surface area contributed by atoms with Crippen LogP contribution in [0.15, 0.2) is 0 Å². The van der Waals surface area contributed by atoms with Crippen LogP contribution in [0.2, 0.25) is 0 Å². The number of amides is 4. The van der Waals surface area contributed by atoms with E-state index in [-0.39, 0.29) is 24.3 Å². The van der Waals surface area contributed by atoms with E-state index in [9.17, 15) is 19.5 Å². The van der Waals surface area contributed by atoms with Gasteiger partial charge in [0, 0.05) is 19.5 Å². The van der Waals surface area contributed by atoms with Crippen molar-refractivity contribution < 1.29 is 19.5 Å². The number of hydrogen-bond donors (Lipinski definition) is 3. The van der Waals surface area contributed by atoms with Crippen LogP contribution in [0.4, 0.5) is 4.79 Å². The first-order valence-electron chi connectivity index (χ1n) is 7.10. The van der Waals surface area contributed by atoms with Crippen LogP contribution in [0, 0.1) is 11.8 Å².